The Bertz CT molecular complexity index is 1280. The molecule has 1 aliphatic rings. The van der Waals surface area contributed by atoms with Gasteiger partial charge in [0.25, 0.3) is 0 Å². The summed E-state index contributed by atoms with van der Waals surface area (Å²) in [5, 5.41) is 20.9. The topological polar surface area (TPSA) is 62.5 Å². The molecule has 1 heterocycles. The van der Waals surface area contributed by atoms with Crippen molar-refractivity contribution in [3.8, 4) is 22.6 Å². The van der Waals surface area contributed by atoms with Crippen LogP contribution in [0.4, 0.5) is 4.39 Å². The van der Waals surface area contributed by atoms with E-state index in [0.29, 0.717) is 11.8 Å². The smallest absolute Gasteiger partial charge is 0.335 e. The van der Waals surface area contributed by atoms with Gasteiger partial charge in [-0.25, -0.2) is 9.18 Å². The molecule has 5 heteroatoms. The number of nitrogens with zero attached hydrogens (tertiary/aromatic N) is 1. The fraction of sp³-hybridized carbons (Fsp3) is 0.192. The summed E-state index contributed by atoms with van der Waals surface area (Å²) >= 11 is 0. The standard InChI is InChI=1S/C26H22FNO3/c1-15-13-18(14-15)25-23(16-5-7-17(8-6-16)26(30)31)24-21(3-2-4-22(24)29)28(25)20-11-9-19(27)10-12-20/h2-12,15,18,29H,13-14H2,1H3,(H,30,31). The number of phenols is 1. The van der Waals surface area contributed by atoms with Gasteiger partial charge in [0.2, 0.25) is 0 Å². The maximum Gasteiger partial charge on any atom is 0.335 e. The number of halogens is 1. The Morgan fingerprint density at radius 2 is 1.68 bits per heavy atom. The van der Waals surface area contributed by atoms with Crippen molar-refractivity contribution in [3.63, 3.8) is 0 Å². The third kappa shape index (κ3) is 3.17. The number of carboxylic acid groups (broad SMARTS) is 1. The number of rotatable bonds is 4. The van der Waals surface area contributed by atoms with E-state index in [1.807, 2.05) is 12.1 Å². The number of benzene rings is 3. The van der Waals surface area contributed by atoms with Crippen molar-refractivity contribution in [3.05, 3.63) is 83.8 Å². The highest BCUT2D eigenvalue weighted by Gasteiger charge is 2.34. The second kappa shape index (κ2) is 7.27. The van der Waals surface area contributed by atoms with E-state index in [4.69, 9.17) is 0 Å². The summed E-state index contributed by atoms with van der Waals surface area (Å²) in [7, 11) is 0. The molecule has 1 aromatic heterocycles. The van der Waals surface area contributed by atoms with Crippen LogP contribution in [0.5, 0.6) is 5.75 Å². The van der Waals surface area contributed by atoms with Crippen LogP contribution in [0.25, 0.3) is 27.7 Å². The Kier molecular flexibility index (Phi) is 4.54. The van der Waals surface area contributed by atoms with Crippen LogP contribution in [-0.4, -0.2) is 20.7 Å². The summed E-state index contributed by atoms with van der Waals surface area (Å²) in [5.74, 6) is -0.201. The van der Waals surface area contributed by atoms with Gasteiger partial charge in [-0.05, 0) is 72.9 Å². The molecule has 1 aliphatic carbocycles. The summed E-state index contributed by atoms with van der Waals surface area (Å²) in [4.78, 5) is 11.3. The number of aromatic carboxylic acids is 1. The van der Waals surface area contributed by atoms with Gasteiger partial charge in [-0.2, -0.15) is 0 Å². The van der Waals surface area contributed by atoms with E-state index in [1.165, 1.54) is 12.1 Å². The lowest BCUT2D eigenvalue weighted by Gasteiger charge is -2.34. The number of aromatic nitrogens is 1. The first-order valence-corrected chi connectivity index (χ1v) is 10.4. The van der Waals surface area contributed by atoms with Gasteiger partial charge < -0.3 is 14.8 Å². The van der Waals surface area contributed by atoms with Gasteiger partial charge in [-0.3, -0.25) is 0 Å². The number of fused-ring (bicyclic) bond motifs is 1. The molecule has 0 unspecified atom stereocenters. The molecular formula is C26H22FNO3. The van der Waals surface area contributed by atoms with Gasteiger partial charge in [0, 0.05) is 28.2 Å². The van der Waals surface area contributed by atoms with E-state index in [2.05, 4.69) is 11.5 Å². The molecule has 2 N–H and O–H groups in total. The number of phenolic OH excluding ortho intramolecular Hbond substituents is 1. The van der Waals surface area contributed by atoms with Crippen molar-refractivity contribution in [2.45, 2.75) is 25.7 Å². The van der Waals surface area contributed by atoms with Crippen LogP contribution >= 0.6 is 0 Å². The van der Waals surface area contributed by atoms with Crippen molar-refractivity contribution < 1.29 is 19.4 Å². The Balaban J connectivity index is 1.84. The molecule has 0 atom stereocenters. The molecule has 5 rings (SSSR count). The fourth-order valence-corrected chi connectivity index (χ4v) is 4.79. The van der Waals surface area contributed by atoms with Crippen LogP contribution < -0.4 is 0 Å². The molecule has 156 valence electrons. The first-order chi connectivity index (χ1) is 14.9. The third-order valence-electron chi connectivity index (χ3n) is 6.27. The van der Waals surface area contributed by atoms with Crippen LogP contribution in [0.1, 0.15) is 41.7 Å². The summed E-state index contributed by atoms with van der Waals surface area (Å²) in [6.07, 6.45) is 2.05. The number of carboxylic acids is 1. The van der Waals surface area contributed by atoms with Gasteiger partial charge in [-0.1, -0.05) is 25.1 Å². The molecule has 4 nitrogen and oxygen atoms in total. The second-order valence-electron chi connectivity index (χ2n) is 8.40. The average molecular weight is 415 g/mol. The van der Waals surface area contributed by atoms with E-state index >= 15 is 0 Å². The molecule has 0 spiro atoms. The molecule has 4 aromatic rings. The Morgan fingerprint density at radius 3 is 2.29 bits per heavy atom. The first kappa shape index (κ1) is 19.4. The molecule has 1 saturated carbocycles. The lowest BCUT2D eigenvalue weighted by atomic mass is 9.73. The number of carbonyl (C=O) groups is 1. The van der Waals surface area contributed by atoms with Crippen molar-refractivity contribution in [1.82, 2.24) is 4.57 Å². The Hall–Kier alpha value is -3.60. The molecular weight excluding hydrogens is 393 g/mol. The summed E-state index contributed by atoms with van der Waals surface area (Å²) in [6, 6.07) is 18.6. The predicted octanol–water partition coefficient (Wildman–Crippen LogP) is 6.35. The number of hydrogen-bond donors (Lipinski definition) is 2. The minimum absolute atomic E-state index is 0.171. The minimum atomic E-state index is -0.976. The highest BCUT2D eigenvalue weighted by atomic mass is 19.1. The van der Waals surface area contributed by atoms with Crippen molar-refractivity contribution in [1.29, 1.82) is 0 Å². The number of aromatic hydroxyl groups is 1. The maximum absolute atomic E-state index is 13.6. The van der Waals surface area contributed by atoms with Crippen LogP contribution in [0.2, 0.25) is 0 Å². The van der Waals surface area contributed by atoms with Gasteiger partial charge in [0.05, 0.1) is 11.1 Å². The zero-order valence-corrected chi connectivity index (χ0v) is 17.0. The lowest BCUT2D eigenvalue weighted by Crippen LogP contribution is -2.22. The van der Waals surface area contributed by atoms with E-state index in [1.54, 1.807) is 42.5 Å². The largest absolute Gasteiger partial charge is 0.507 e. The van der Waals surface area contributed by atoms with Crippen LogP contribution in [0.15, 0.2) is 66.7 Å². The van der Waals surface area contributed by atoms with Gasteiger partial charge in [0.1, 0.15) is 11.6 Å². The third-order valence-corrected chi connectivity index (χ3v) is 6.27. The van der Waals surface area contributed by atoms with E-state index in [9.17, 15) is 19.4 Å². The molecule has 0 bridgehead atoms. The van der Waals surface area contributed by atoms with E-state index in [-0.39, 0.29) is 17.1 Å². The zero-order chi connectivity index (χ0) is 21.7. The highest BCUT2D eigenvalue weighted by Crippen LogP contribution is 2.50. The molecule has 0 radical (unpaired) electrons. The van der Waals surface area contributed by atoms with E-state index < -0.39 is 5.97 Å². The fourth-order valence-electron chi connectivity index (χ4n) is 4.79. The predicted molar refractivity (Wildman–Crippen MR) is 118 cm³/mol. The summed E-state index contributed by atoms with van der Waals surface area (Å²) in [5.41, 5.74) is 4.73. The SMILES string of the molecule is CC1CC(c2c(-c3ccc(C(=O)O)cc3)c3c(O)cccc3n2-c2ccc(F)cc2)C1. The van der Waals surface area contributed by atoms with Crippen LogP contribution in [0.3, 0.4) is 0 Å². The van der Waals surface area contributed by atoms with E-state index in [0.717, 1.165) is 46.3 Å². The van der Waals surface area contributed by atoms with Crippen molar-refractivity contribution in [2.24, 2.45) is 5.92 Å². The molecule has 0 amide bonds. The highest BCUT2D eigenvalue weighted by molar-refractivity contribution is 6.03. The molecule has 1 fully saturated rings. The first-order valence-electron chi connectivity index (χ1n) is 10.4. The summed E-state index contributed by atoms with van der Waals surface area (Å²) < 4.78 is 15.8. The molecule has 3 aromatic carbocycles. The number of hydrogen-bond acceptors (Lipinski definition) is 2. The monoisotopic (exact) mass is 415 g/mol. The zero-order valence-electron chi connectivity index (χ0n) is 17.0. The van der Waals surface area contributed by atoms with Gasteiger partial charge >= 0.3 is 5.97 Å². The summed E-state index contributed by atoms with van der Waals surface area (Å²) in [6.45, 7) is 2.22. The lowest BCUT2D eigenvalue weighted by molar-refractivity contribution is 0.0697. The molecule has 0 saturated heterocycles. The average Bonchev–Trinajstić information content (AvgIpc) is 3.08. The second-order valence-corrected chi connectivity index (χ2v) is 8.40. The Morgan fingerprint density at radius 1 is 1.00 bits per heavy atom. The molecule has 31 heavy (non-hydrogen) atoms. The van der Waals surface area contributed by atoms with Crippen molar-refractivity contribution in [2.75, 3.05) is 0 Å². The van der Waals surface area contributed by atoms with Crippen LogP contribution in [-0.2, 0) is 0 Å². The van der Waals surface area contributed by atoms with Gasteiger partial charge in [0.15, 0.2) is 0 Å². The maximum atomic E-state index is 13.6. The molecule has 0 aliphatic heterocycles. The minimum Gasteiger partial charge on any atom is -0.507 e. The normalized spacial score (nSPS) is 18.1. The van der Waals surface area contributed by atoms with Crippen LogP contribution in [0, 0.1) is 11.7 Å². The van der Waals surface area contributed by atoms with Crippen molar-refractivity contribution >= 4 is 16.9 Å². The Labute approximate surface area is 179 Å². The van der Waals surface area contributed by atoms with Gasteiger partial charge in [-0.15, -0.1) is 0 Å². The quantitative estimate of drug-likeness (QED) is 0.408.